The Morgan fingerprint density at radius 2 is 2.21 bits per heavy atom. The van der Waals surface area contributed by atoms with Gasteiger partial charge in [0.25, 0.3) is 0 Å². The van der Waals surface area contributed by atoms with E-state index < -0.39 is 0 Å². The summed E-state index contributed by atoms with van der Waals surface area (Å²) in [4.78, 5) is 13.9. The number of carbonyl (C=O) groups is 1. The normalized spacial score (nSPS) is 16.5. The molecule has 1 aliphatic rings. The van der Waals surface area contributed by atoms with Crippen molar-refractivity contribution >= 4 is 11.6 Å². The number of aliphatic hydroxyl groups is 1. The topological polar surface area (TPSA) is 49.8 Å². The van der Waals surface area contributed by atoms with Crippen LogP contribution in [0.25, 0.3) is 0 Å². The molecular formula is C15H21NO3. The zero-order valence-corrected chi connectivity index (χ0v) is 11.3. The van der Waals surface area contributed by atoms with Gasteiger partial charge < -0.3 is 14.7 Å². The number of amides is 1. The van der Waals surface area contributed by atoms with E-state index >= 15 is 0 Å². The first kappa shape index (κ1) is 13.9. The van der Waals surface area contributed by atoms with Gasteiger partial charge in [0.15, 0.2) is 0 Å². The molecule has 0 bridgehead atoms. The van der Waals surface area contributed by atoms with Gasteiger partial charge in [-0.3, -0.25) is 4.79 Å². The van der Waals surface area contributed by atoms with Crippen LogP contribution in [0, 0.1) is 0 Å². The van der Waals surface area contributed by atoms with Gasteiger partial charge >= 0.3 is 0 Å². The van der Waals surface area contributed by atoms with Gasteiger partial charge in [0.05, 0.1) is 24.8 Å². The van der Waals surface area contributed by atoms with Crippen LogP contribution < -0.4 is 9.64 Å². The molecule has 1 unspecified atom stereocenters. The molecule has 19 heavy (non-hydrogen) atoms. The van der Waals surface area contributed by atoms with Crippen molar-refractivity contribution in [2.24, 2.45) is 0 Å². The third-order valence-electron chi connectivity index (χ3n) is 3.42. The van der Waals surface area contributed by atoms with Crippen LogP contribution in [0.1, 0.15) is 32.6 Å². The standard InChI is InChI=1S/C15H21NO3/c1-2-12(17)6-5-10-16-13-7-3-4-8-14(13)19-11-9-15(16)18/h3-4,7-8,12,17H,2,5-6,9-11H2,1H3. The van der Waals surface area contributed by atoms with E-state index in [1.165, 1.54) is 0 Å². The number of ether oxygens (including phenoxy) is 1. The second kappa shape index (κ2) is 6.57. The lowest BCUT2D eigenvalue weighted by Gasteiger charge is -2.22. The molecule has 0 saturated heterocycles. The van der Waals surface area contributed by atoms with Gasteiger partial charge in [-0.25, -0.2) is 0 Å². The first-order valence-corrected chi connectivity index (χ1v) is 6.92. The Balaban J connectivity index is 2.06. The van der Waals surface area contributed by atoms with Crippen LogP contribution in [0.2, 0.25) is 0 Å². The van der Waals surface area contributed by atoms with E-state index in [9.17, 15) is 9.90 Å². The largest absolute Gasteiger partial charge is 0.491 e. The number of carbonyl (C=O) groups excluding carboxylic acids is 1. The summed E-state index contributed by atoms with van der Waals surface area (Å²) < 4.78 is 5.59. The van der Waals surface area contributed by atoms with E-state index in [0.717, 1.165) is 30.7 Å². The average molecular weight is 263 g/mol. The Bertz CT molecular complexity index is 433. The molecule has 0 spiro atoms. The lowest BCUT2D eigenvalue weighted by Crippen LogP contribution is -2.31. The van der Waals surface area contributed by atoms with Gasteiger partial charge in [-0.05, 0) is 31.4 Å². The Morgan fingerprint density at radius 3 is 3.00 bits per heavy atom. The molecular weight excluding hydrogens is 242 g/mol. The monoisotopic (exact) mass is 263 g/mol. The number of hydrogen-bond acceptors (Lipinski definition) is 3. The van der Waals surface area contributed by atoms with Crippen molar-refractivity contribution in [3.05, 3.63) is 24.3 Å². The summed E-state index contributed by atoms with van der Waals surface area (Å²) in [6.45, 7) is 3.03. The van der Waals surface area contributed by atoms with Gasteiger partial charge in [-0.1, -0.05) is 19.1 Å². The van der Waals surface area contributed by atoms with Crippen LogP contribution in [0.15, 0.2) is 24.3 Å². The number of aliphatic hydroxyl groups excluding tert-OH is 1. The predicted molar refractivity (Wildman–Crippen MR) is 74.4 cm³/mol. The second-order valence-corrected chi connectivity index (χ2v) is 4.82. The summed E-state index contributed by atoms with van der Waals surface area (Å²) >= 11 is 0. The fraction of sp³-hybridized carbons (Fsp3) is 0.533. The number of benzene rings is 1. The fourth-order valence-electron chi connectivity index (χ4n) is 2.25. The van der Waals surface area contributed by atoms with Crippen molar-refractivity contribution in [3.63, 3.8) is 0 Å². The van der Waals surface area contributed by atoms with Crippen LogP contribution in [-0.4, -0.2) is 30.3 Å². The molecule has 4 heteroatoms. The third-order valence-corrected chi connectivity index (χ3v) is 3.42. The number of anilines is 1. The molecule has 104 valence electrons. The van der Waals surface area contributed by atoms with Gasteiger partial charge in [-0.15, -0.1) is 0 Å². The van der Waals surface area contributed by atoms with Gasteiger partial charge in [0, 0.05) is 6.54 Å². The Kier molecular flexibility index (Phi) is 4.80. The highest BCUT2D eigenvalue weighted by Gasteiger charge is 2.22. The van der Waals surface area contributed by atoms with Crippen molar-refractivity contribution in [1.29, 1.82) is 0 Å². The number of hydrogen-bond donors (Lipinski definition) is 1. The minimum Gasteiger partial charge on any atom is -0.491 e. The van der Waals surface area contributed by atoms with Crippen LogP contribution in [0.4, 0.5) is 5.69 Å². The highest BCUT2D eigenvalue weighted by atomic mass is 16.5. The fourth-order valence-corrected chi connectivity index (χ4v) is 2.25. The molecule has 2 rings (SSSR count). The second-order valence-electron chi connectivity index (χ2n) is 4.82. The molecule has 1 N–H and O–H groups in total. The summed E-state index contributed by atoms with van der Waals surface area (Å²) in [6.07, 6.45) is 2.42. The molecule has 1 amide bonds. The zero-order chi connectivity index (χ0) is 13.7. The number of para-hydroxylation sites is 2. The summed E-state index contributed by atoms with van der Waals surface area (Å²) in [5, 5.41) is 9.58. The smallest absolute Gasteiger partial charge is 0.230 e. The van der Waals surface area contributed by atoms with Crippen molar-refractivity contribution in [2.45, 2.75) is 38.7 Å². The Hall–Kier alpha value is -1.55. The van der Waals surface area contributed by atoms with E-state index in [1.54, 1.807) is 4.90 Å². The van der Waals surface area contributed by atoms with Crippen molar-refractivity contribution < 1.29 is 14.6 Å². The maximum atomic E-state index is 12.1. The van der Waals surface area contributed by atoms with Crippen LogP contribution in [-0.2, 0) is 4.79 Å². The summed E-state index contributed by atoms with van der Waals surface area (Å²) in [7, 11) is 0. The SMILES string of the molecule is CCC(O)CCCN1C(=O)CCOc2ccccc21. The first-order valence-electron chi connectivity index (χ1n) is 6.92. The molecule has 1 aromatic carbocycles. The average Bonchev–Trinajstić information content (AvgIpc) is 2.58. The van der Waals surface area contributed by atoms with E-state index in [0.29, 0.717) is 19.6 Å². The first-order chi connectivity index (χ1) is 9.22. The van der Waals surface area contributed by atoms with E-state index in [1.807, 2.05) is 31.2 Å². The number of fused-ring (bicyclic) bond motifs is 1. The minimum absolute atomic E-state index is 0.0935. The maximum Gasteiger partial charge on any atom is 0.230 e. The Morgan fingerprint density at radius 1 is 1.42 bits per heavy atom. The van der Waals surface area contributed by atoms with Crippen LogP contribution in [0.3, 0.4) is 0 Å². The van der Waals surface area contributed by atoms with E-state index in [2.05, 4.69) is 0 Å². The molecule has 0 aliphatic carbocycles. The number of rotatable bonds is 5. The number of nitrogens with zero attached hydrogens (tertiary/aromatic N) is 1. The highest BCUT2D eigenvalue weighted by Crippen LogP contribution is 2.31. The molecule has 1 atom stereocenters. The van der Waals surface area contributed by atoms with Gasteiger partial charge in [0.2, 0.25) is 5.91 Å². The molecule has 1 heterocycles. The minimum atomic E-state index is -0.270. The molecule has 0 aromatic heterocycles. The lowest BCUT2D eigenvalue weighted by molar-refractivity contribution is -0.118. The quantitative estimate of drug-likeness (QED) is 0.887. The van der Waals surface area contributed by atoms with Crippen molar-refractivity contribution in [3.8, 4) is 5.75 Å². The Labute approximate surface area is 114 Å². The highest BCUT2D eigenvalue weighted by molar-refractivity contribution is 5.95. The molecule has 1 aliphatic heterocycles. The predicted octanol–water partition coefficient (Wildman–Crippen LogP) is 2.35. The summed E-state index contributed by atoms with van der Waals surface area (Å²) in [5.74, 6) is 0.861. The molecule has 1 aromatic rings. The van der Waals surface area contributed by atoms with Gasteiger partial charge in [-0.2, -0.15) is 0 Å². The van der Waals surface area contributed by atoms with Crippen LogP contribution >= 0.6 is 0 Å². The van der Waals surface area contributed by atoms with E-state index in [4.69, 9.17) is 4.74 Å². The van der Waals surface area contributed by atoms with Gasteiger partial charge in [0.1, 0.15) is 5.75 Å². The molecule has 4 nitrogen and oxygen atoms in total. The summed E-state index contributed by atoms with van der Waals surface area (Å²) in [5.41, 5.74) is 0.844. The third kappa shape index (κ3) is 3.47. The lowest BCUT2D eigenvalue weighted by atomic mass is 10.1. The van der Waals surface area contributed by atoms with E-state index in [-0.39, 0.29) is 12.0 Å². The maximum absolute atomic E-state index is 12.1. The molecule has 0 saturated carbocycles. The van der Waals surface area contributed by atoms with Crippen molar-refractivity contribution in [2.75, 3.05) is 18.1 Å². The zero-order valence-electron chi connectivity index (χ0n) is 11.3. The molecule has 0 fully saturated rings. The summed E-state index contributed by atoms with van der Waals surface area (Å²) in [6, 6.07) is 7.62. The van der Waals surface area contributed by atoms with Crippen molar-refractivity contribution in [1.82, 2.24) is 0 Å². The van der Waals surface area contributed by atoms with Crippen LogP contribution in [0.5, 0.6) is 5.75 Å². The molecule has 0 radical (unpaired) electrons.